The van der Waals surface area contributed by atoms with Crippen molar-refractivity contribution < 1.29 is 18.0 Å². The maximum Gasteiger partial charge on any atom is 0.244 e. The number of amides is 2. The Morgan fingerprint density at radius 3 is 2.09 bits per heavy atom. The van der Waals surface area contributed by atoms with Gasteiger partial charge in [0.2, 0.25) is 21.8 Å². The number of anilines is 1. The summed E-state index contributed by atoms with van der Waals surface area (Å²) < 4.78 is 27.0. The Morgan fingerprint density at radius 1 is 1.03 bits per heavy atom. The molecule has 2 aromatic rings. The van der Waals surface area contributed by atoms with Crippen LogP contribution >= 0.6 is 22.6 Å². The number of carbonyl (C=O) groups excluding carboxylic acids is 2. The predicted octanol–water partition coefficient (Wildman–Crippen LogP) is 3.39. The molecule has 0 unspecified atom stereocenters. The predicted molar refractivity (Wildman–Crippen MR) is 136 cm³/mol. The molecule has 32 heavy (non-hydrogen) atoms. The van der Waals surface area contributed by atoms with Crippen LogP contribution < -0.4 is 9.62 Å². The van der Waals surface area contributed by atoms with Crippen LogP contribution in [0.2, 0.25) is 0 Å². The number of rotatable bonds is 8. The van der Waals surface area contributed by atoms with Crippen molar-refractivity contribution in [3.63, 3.8) is 0 Å². The van der Waals surface area contributed by atoms with Crippen molar-refractivity contribution in [2.45, 2.75) is 45.8 Å². The fourth-order valence-corrected chi connectivity index (χ4v) is 4.27. The molecule has 1 N–H and O–H groups in total. The third-order valence-corrected chi connectivity index (χ3v) is 6.51. The Hall–Kier alpha value is -2.14. The van der Waals surface area contributed by atoms with Crippen molar-refractivity contribution in [2.24, 2.45) is 0 Å². The van der Waals surface area contributed by atoms with Crippen LogP contribution in [0.3, 0.4) is 0 Å². The summed E-state index contributed by atoms with van der Waals surface area (Å²) in [5, 5.41) is 2.90. The first-order chi connectivity index (χ1) is 14.8. The van der Waals surface area contributed by atoms with Gasteiger partial charge < -0.3 is 10.2 Å². The highest BCUT2D eigenvalue weighted by Crippen LogP contribution is 2.20. The molecule has 0 radical (unpaired) electrons. The molecule has 2 aromatic carbocycles. The maximum atomic E-state index is 13.4. The molecule has 0 aliphatic heterocycles. The Bertz CT molecular complexity index is 1040. The first-order valence-electron chi connectivity index (χ1n) is 10.2. The van der Waals surface area contributed by atoms with Crippen LogP contribution in [0.5, 0.6) is 0 Å². The third kappa shape index (κ3) is 7.77. The average Bonchev–Trinajstić information content (AvgIpc) is 2.69. The van der Waals surface area contributed by atoms with Crippen LogP contribution in [0.25, 0.3) is 0 Å². The van der Waals surface area contributed by atoms with Gasteiger partial charge in [-0.05, 0) is 80.1 Å². The van der Waals surface area contributed by atoms with E-state index in [-0.39, 0.29) is 12.5 Å². The van der Waals surface area contributed by atoms with Gasteiger partial charge in [-0.25, -0.2) is 8.42 Å². The molecule has 7 nitrogen and oxygen atoms in total. The minimum absolute atomic E-state index is 0.183. The van der Waals surface area contributed by atoms with E-state index >= 15 is 0 Å². The minimum atomic E-state index is -3.72. The van der Waals surface area contributed by atoms with E-state index in [1.54, 1.807) is 31.2 Å². The summed E-state index contributed by atoms with van der Waals surface area (Å²) in [6, 6.07) is 15.4. The molecule has 0 saturated carbocycles. The summed E-state index contributed by atoms with van der Waals surface area (Å²) in [5.74, 6) is -0.767. The summed E-state index contributed by atoms with van der Waals surface area (Å²) in [7, 11) is -3.72. The molecule has 174 valence electrons. The monoisotopic (exact) mass is 571 g/mol. The van der Waals surface area contributed by atoms with Crippen LogP contribution in [0.15, 0.2) is 54.6 Å². The number of nitrogens with one attached hydrogen (secondary N) is 1. The van der Waals surface area contributed by atoms with Crippen molar-refractivity contribution in [2.75, 3.05) is 17.1 Å². The second-order valence-corrected chi connectivity index (χ2v) is 11.8. The van der Waals surface area contributed by atoms with Crippen LogP contribution in [0.4, 0.5) is 5.69 Å². The Morgan fingerprint density at radius 2 is 1.59 bits per heavy atom. The molecule has 0 bridgehead atoms. The van der Waals surface area contributed by atoms with E-state index in [1.807, 2.05) is 51.1 Å². The van der Waals surface area contributed by atoms with Crippen LogP contribution in [0, 0.1) is 3.57 Å². The lowest BCUT2D eigenvalue weighted by Crippen LogP contribution is -2.54. The molecule has 0 aliphatic rings. The normalized spacial score (nSPS) is 12.7. The molecule has 0 aromatic heterocycles. The lowest BCUT2D eigenvalue weighted by Gasteiger charge is -2.33. The zero-order valence-electron chi connectivity index (χ0n) is 19.0. The molecule has 2 rings (SSSR count). The highest BCUT2D eigenvalue weighted by atomic mass is 127. The summed E-state index contributed by atoms with van der Waals surface area (Å²) in [5.41, 5.74) is 0.774. The summed E-state index contributed by atoms with van der Waals surface area (Å²) in [4.78, 5) is 27.7. The van der Waals surface area contributed by atoms with Crippen molar-refractivity contribution in [3.8, 4) is 0 Å². The maximum absolute atomic E-state index is 13.4. The number of hydrogen-bond acceptors (Lipinski definition) is 4. The van der Waals surface area contributed by atoms with Gasteiger partial charge in [-0.1, -0.05) is 30.3 Å². The van der Waals surface area contributed by atoms with Gasteiger partial charge in [0, 0.05) is 15.7 Å². The third-order valence-electron chi connectivity index (χ3n) is 4.66. The van der Waals surface area contributed by atoms with Gasteiger partial charge >= 0.3 is 0 Å². The lowest BCUT2D eigenvalue weighted by atomic mass is 10.1. The fraction of sp³-hybridized carbons (Fsp3) is 0.391. The van der Waals surface area contributed by atoms with Gasteiger partial charge in [0.05, 0.1) is 11.9 Å². The van der Waals surface area contributed by atoms with Gasteiger partial charge in [0.15, 0.2) is 0 Å². The largest absolute Gasteiger partial charge is 0.350 e. The van der Waals surface area contributed by atoms with E-state index in [2.05, 4.69) is 27.9 Å². The van der Waals surface area contributed by atoms with Gasteiger partial charge in [0.25, 0.3) is 0 Å². The molecule has 0 heterocycles. The number of benzene rings is 2. The summed E-state index contributed by atoms with van der Waals surface area (Å²) in [6.45, 7) is 7.02. The second-order valence-electron chi connectivity index (χ2n) is 8.67. The molecule has 0 spiro atoms. The zero-order chi connectivity index (χ0) is 24.1. The van der Waals surface area contributed by atoms with Crippen LogP contribution in [-0.2, 0) is 26.2 Å². The molecule has 9 heteroatoms. The lowest BCUT2D eigenvalue weighted by molar-refractivity contribution is -0.140. The van der Waals surface area contributed by atoms with E-state index in [1.165, 1.54) is 4.90 Å². The molecule has 2 amide bonds. The topological polar surface area (TPSA) is 86.8 Å². The smallest absolute Gasteiger partial charge is 0.244 e. The Kier molecular flexibility index (Phi) is 8.69. The second kappa shape index (κ2) is 10.7. The van der Waals surface area contributed by atoms with E-state index < -0.39 is 34.1 Å². The molecular formula is C23H30IN3O4S. The number of halogens is 1. The fourth-order valence-electron chi connectivity index (χ4n) is 3.06. The first-order valence-corrected chi connectivity index (χ1v) is 13.1. The van der Waals surface area contributed by atoms with Crippen molar-refractivity contribution >= 4 is 50.1 Å². The minimum Gasteiger partial charge on any atom is -0.350 e. The molecule has 1 atom stereocenters. The average molecular weight is 571 g/mol. The van der Waals surface area contributed by atoms with Crippen LogP contribution in [-0.4, -0.2) is 49.5 Å². The van der Waals surface area contributed by atoms with Gasteiger partial charge in [-0.15, -0.1) is 0 Å². The van der Waals surface area contributed by atoms with E-state index in [0.29, 0.717) is 5.69 Å². The standard InChI is InChI=1S/C23H30IN3O4S/c1-17(22(29)25-23(2,3)4)26(15-18-9-7-6-8-10-18)21(28)16-27(32(5,30)31)20-13-11-19(24)12-14-20/h6-14,17H,15-16H2,1-5H3,(H,25,29)/t17-/m1/s1. The SMILES string of the molecule is C[C@H](C(=O)NC(C)(C)C)N(Cc1ccccc1)C(=O)CN(c1ccc(I)cc1)S(C)(=O)=O. The Labute approximate surface area is 204 Å². The highest BCUT2D eigenvalue weighted by molar-refractivity contribution is 14.1. The van der Waals surface area contributed by atoms with E-state index in [9.17, 15) is 18.0 Å². The van der Waals surface area contributed by atoms with Gasteiger partial charge in [-0.3, -0.25) is 13.9 Å². The number of carbonyl (C=O) groups is 2. The molecule has 0 fully saturated rings. The highest BCUT2D eigenvalue weighted by Gasteiger charge is 2.31. The molecule has 0 saturated heterocycles. The summed E-state index contributed by atoms with van der Waals surface area (Å²) in [6.07, 6.45) is 1.07. The quantitative estimate of drug-likeness (QED) is 0.493. The zero-order valence-corrected chi connectivity index (χ0v) is 22.0. The number of nitrogens with zero attached hydrogens (tertiary/aromatic N) is 2. The van der Waals surface area contributed by atoms with Crippen LogP contribution in [0.1, 0.15) is 33.3 Å². The van der Waals surface area contributed by atoms with Crippen molar-refractivity contribution in [1.82, 2.24) is 10.2 Å². The molecule has 0 aliphatic carbocycles. The molecular weight excluding hydrogens is 541 g/mol. The number of sulfonamides is 1. The summed E-state index contributed by atoms with van der Waals surface area (Å²) >= 11 is 2.13. The Balaban J connectivity index is 2.36. The first kappa shape index (κ1) is 26.1. The van der Waals surface area contributed by atoms with Gasteiger partial charge in [-0.2, -0.15) is 0 Å². The van der Waals surface area contributed by atoms with Crippen molar-refractivity contribution in [1.29, 1.82) is 0 Å². The van der Waals surface area contributed by atoms with Crippen molar-refractivity contribution in [3.05, 3.63) is 63.7 Å². The van der Waals surface area contributed by atoms with E-state index in [0.717, 1.165) is 19.7 Å². The number of hydrogen-bond donors (Lipinski definition) is 1. The van der Waals surface area contributed by atoms with Gasteiger partial charge in [0.1, 0.15) is 12.6 Å². The van der Waals surface area contributed by atoms with E-state index in [4.69, 9.17) is 0 Å².